The SMILES string of the molecule is CCCS(=O)(=O)Nc1cccc(-c2nc(C3CCN(C(=O)C4CCN(C(=O)C5CCN(c6ccc([C@H]7CCC(=O)NC7=O)cn6)CC5)CC4)CC3)sc2-c2ccnc(NC3CC3)n2)c1F. The number of piperidine rings is 4. The fraction of sp³-hybridized carbons (Fsp3) is 0.522. The Balaban J connectivity index is 0.795. The number of anilines is 3. The number of halogens is 1. The van der Waals surface area contributed by atoms with Crippen LogP contribution >= 0.6 is 11.3 Å². The van der Waals surface area contributed by atoms with Crippen LogP contribution in [0, 0.1) is 17.7 Å². The molecule has 0 unspecified atom stereocenters. The van der Waals surface area contributed by atoms with Crippen molar-refractivity contribution in [2.24, 2.45) is 11.8 Å². The lowest BCUT2D eigenvalue weighted by Gasteiger charge is -2.39. The van der Waals surface area contributed by atoms with Gasteiger partial charge in [0, 0.05) is 87.4 Å². The lowest BCUT2D eigenvalue weighted by atomic mass is 9.90. The molecule has 0 bridgehead atoms. The van der Waals surface area contributed by atoms with Gasteiger partial charge >= 0.3 is 0 Å². The standard InChI is InChI=1S/C46H55FN10O6S2/c1-2-26-65(62,63)54-35-5-3-4-34(39(35)47)40-41(36-12-19-48-46(51-36)50-32-7-8-32)64-43(53-40)28-13-22-56(23-14-28)45(61)30-17-24-57(25-18-30)44(60)29-15-20-55(21-16-29)37-10-6-31(27-49-37)33-9-11-38(58)52-42(33)59/h3-6,10,12,19,27-30,32-33,54H,2,7-9,11,13-18,20-26H2,1H3,(H,48,50,51)(H,52,58,59)/t33-/m1/s1. The van der Waals surface area contributed by atoms with Crippen molar-refractivity contribution >= 4 is 62.4 Å². The number of rotatable bonds is 13. The van der Waals surface area contributed by atoms with Crippen LogP contribution in [0.5, 0.6) is 0 Å². The van der Waals surface area contributed by atoms with Gasteiger partial charge in [0.05, 0.1) is 38.6 Å². The zero-order valence-electron chi connectivity index (χ0n) is 36.5. The van der Waals surface area contributed by atoms with Gasteiger partial charge in [0.15, 0.2) is 5.82 Å². The van der Waals surface area contributed by atoms with Crippen molar-refractivity contribution in [2.75, 3.05) is 60.0 Å². The molecule has 65 heavy (non-hydrogen) atoms. The van der Waals surface area contributed by atoms with Crippen LogP contribution in [0.2, 0.25) is 0 Å². The van der Waals surface area contributed by atoms with Crippen molar-refractivity contribution in [3.63, 3.8) is 0 Å². The molecule has 16 nitrogen and oxygen atoms in total. The van der Waals surface area contributed by atoms with Crippen molar-refractivity contribution in [1.82, 2.24) is 35.1 Å². The van der Waals surface area contributed by atoms with Crippen molar-refractivity contribution in [2.45, 2.75) is 95.4 Å². The van der Waals surface area contributed by atoms with Gasteiger partial charge in [-0.05, 0) is 94.0 Å². The highest BCUT2D eigenvalue weighted by Crippen LogP contribution is 2.43. The molecule has 4 aromatic rings. The molecule has 5 fully saturated rings. The van der Waals surface area contributed by atoms with Crippen molar-refractivity contribution in [3.05, 3.63) is 65.2 Å². The first-order valence-electron chi connectivity index (χ1n) is 22.9. The largest absolute Gasteiger partial charge is 0.357 e. The number of hydrogen-bond acceptors (Lipinski definition) is 13. The predicted octanol–water partition coefficient (Wildman–Crippen LogP) is 5.91. The maximum Gasteiger partial charge on any atom is 0.234 e. The van der Waals surface area contributed by atoms with Gasteiger partial charge in [-0.15, -0.1) is 11.3 Å². The molecule has 4 amide bonds. The van der Waals surface area contributed by atoms with Crippen LogP contribution in [0.25, 0.3) is 21.8 Å². The van der Waals surface area contributed by atoms with Gasteiger partial charge in [0.25, 0.3) is 0 Å². The number of nitrogens with one attached hydrogen (secondary N) is 3. The van der Waals surface area contributed by atoms with Crippen LogP contribution < -0.4 is 20.3 Å². The molecule has 0 spiro atoms. The van der Waals surface area contributed by atoms with Crippen molar-refractivity contribution in [1.29, 1.82) is 0 Å². The van der Waals surface area contributed by atoms with E-state index in [0.29, 0.717) is 125 Å². The average Bonchev–Trinajstić information content (AvgIpc) is 4.03. The minimum Gasteiger partial charge on any atom is -0.357 e. The van der Waals surface area contributed by atoms with E-state index in [9.17, 15) is 27.6 Å². The zero-order valence-corrected chi connectivity index (χ0v) is 38.1. The van der Waals surface area contributed by atoms with E-state index in [2.05, 4.69) is 30.2 Å². The second-order valence-corrected chi connectivity index (χ2v) is 20.8. The minimum absolute atomic E-state index is 0.0237. The molecular formula is C46H55FN10O6S2. The lowest BCUT2D eigenvalue weighted by Crippen LogP contribution is -2.48. The molecule has 344 valence electrons. The molecule has 3 aromatic heterocycles. The summed E-state index contributed by atoms with van der Waals surface area (Å²) in [4.78, 5) is 77.0. The summed E-state index contributed by atoms with van der Waals surface area (Å²) in [6.07, 6.45) is 10.7. The Morgan fingerprint density at radius 1 is 0.846 bits per heavy atom. The molecule has 4 aliphatic heterocycles. The van der Waals surface area contributed by atoms with E-state index in [1.54, 1.807) is 37.5 Å². The van der Waals surface area contributed by atoms with Gasteiger partial charge in [0.1, 0.15) is 5.82 Å². The van der Waals surface area contributed by atoms with Gasteiger partial charge < -0.3 is 20.0 Å². The van der Waals surface area contributed by atoms with Crippen molar-refractivity contribution in [3.8, 4) is 21.8 Å². The molecule has 1 aliphatic carbocycles. The highest BCUT2D eigenvalue weighted by molar-refractivity contribution is 7.92. The maximum absolute atomic E-state index is 16.3. The number of sulfonamides is 1. The number of nitrogens with zero attached hydrogens (tertiary/aromatic N) is 7. The molecule has 7 heterocycles. The molecule has 9 rings (SSSR count). The number of pyridine rings is 1. The van der Waals surface area contributed by atoms with Crippen molar-refractivity contribution < 1.29 is 32.0 Å². The van der Waals surface area contributed by atoms with Crippen LogP contribution in [-0.2, 0) is 29.2 Å². The van der Waals surface area contributed by atoms with Crippen LogP contribution in [0.4, 0.5) is 21.8 Å². The topological polar surface area (TPSA) is 200 Å². The Kier molecular flexibility index (Phi) is 13.1. The molecule has 19 heteroatoms. The number of imide groups is 1. The highest BCUT2D eigenvalue weighted by Gasteiger charge is 2.37. The first-order chi connectivity index (χ1) is 31.4. The normalized spacial score (nSPS) is 20.5. The number of benzene rings is 1. The van der Waals surface area contributed by atoms with Gasteiger partial charge in [-0.2, -0.15) is 0 Å². The summed E-state index contributed by atoms with van der Waals surface area (Å²) in [6, 6.07) is 10.6. The third-order valence-corrected chi connectivity index (χ3v) is 16.0. The van der Waals surface area contributed by atoms with E-state index in [-0.39, 0.29) is 64.3 Å². The quantitative estimate of drug-likeness (QED) is 0.134. The second-order valence-electron chi connectivity index (χ2n) is 17.9. The smallest absolute Gasteiger partial charge is 0.234 e. The van der Waals surface area contributed by atoms with E-state index in [4.69, 9.17) is 9.97 Å². The molecule has 3 N–H and O–H groups in total. The molecule has 1 aromatic carbocycles. The molecule has 1 atom stereocenters. The number of amides is 4. The summed E-state index contributed by atoms with van der Waals surface area (Å²) in [5.74, 6) is -0.367. The summed E-state index contributed by atoms with van der Waals surface area (Å²) in [5.41, 5.74) is 1.81. The second kappa shape index (κ2) is 19.1. The lowest BCUT2D eigenvalue weighted by molar-refractivity contribution is -0.143. The van der Waals surface area contributed by atoms with E-state index >= 15 is 4.39 Å². The number of carbonyl (C=O) groups excluding carboxylic acids is 4. The first-order valence-corrected chi connectivity index (χ1v) is 25.4. The average molecular weight is 927 g/mol. The number of carbonyl (C=O) groups is 4. The third kappa shape index (κ3) is 10.1. The highest BCUT2D eigenvalue weighted by atomic mass is 32.2. The summed E-state index contributed by atoms with van der Waals surface area (Å²) < 4.78 is 43.9. The van der Waals surface area contributed by atoms with Crippen LogP contribution in [0.15, 0.2) is 48.8 Å². The van der Waals surface area contributed by atoms with E-state index in [1.807, 2.05) is 21.9 Å². The number of hydrogen-bond donors (Lipinski definition) is 3. The Morgan fingerprint density at radius 3 is 2.18 bits per heavy atom. The first kappa shape index (κ1) is 44.6. The van der Waals surface area contributed by atoms with Crippen LogP contribution in [-0.4, -0.2) is 113 Å². The fourth-order valence-corrected chi connectivity index (χ4v) is 11.8. The van der Waals surface area contributed by atoms with Crippen LogP contribution in [0.1, 0.15) is 100.0 Å². The molecule has 5 aliphatic rings. The number of thiazole rings is 1. The van der Waals surface area contributed by atoms with Crippen LogP contribution in [0.3, 0.4) is 0 Å². The summed E-state index contributed by atoms with van der Waals surface area (Å²) in [5, 5.41) is 6.55. The number of likely N-dealkylation sites (tertiary alicyclic amines) is 2. The maximum atomic E-state index is 16.3. The third-order valence-electron chi connectivity index (χ3n) is 13.3. The molecule has 1 saturated carbocycles. The molecule has 4 saturated heterocycles. The Morgan fingerprint density at radius 2 is 1.54 bits per heavy atom. The monoisotopic (exact) mass is 926 g/mol. The van der Waals surface area contributed by atoms with Gasteiger partial charge in [-0.3, -0.25) is 29.2 Å². The van der Waals surface area contributed by atoms with E-state index in [1.165, 1.54) is 17.4 Å². The molecule has 0 radical (unpaired) electrons. The zero-order chi connectivity index (χ0) is 45.2. The van der Waals surface area contributed by atoms with E-state index in [0.717, 1.165) is 29.2 Å². The number of aromatic nitrogens is 4. The van der Waals surface area contributed by atoms with Gasteiger partial charge in [-0.25, -0.2) is 32.7 Å². The van der Waals surface area contributed by atoms with E-state index < -0.39 is 15.8 Å². The minimum atomic E-state index is -3.74. The fourth-order valence-electron chi connectivity index (χ4n) is 9.48. The summed E-state index contributed by atoms with van der Waals surface area (Å²) in [7, 11) is -3.74. The molecular weight excluding hydrogens is 872 g/mol. The Bertz CT molecular complexity index is 2530. The summed E-state index contributed by atoms with van der Waals surface area (Å²) in [6.45, 7) is 5.37. The van der Waals surface area contributed by atoms with Gasteiger partial charge in [0.2, 0.25) is 39.6 Å². The Hall–Kier alpha value is -5.56. The van der Waals surface area contributed by atoms with Gasteiger partial charge in [-0.1, -0.05) is 19.1 Å². The Labute approximate surface area is 382 Å². The summed E-state index contributed by atoms with van der Waals surface area (Å²) >= 11 is 1.45. The predicted molar refractivity (Wildman–Crippen MR) is 245 cm³/mol.